The van der Waals surface area contributed by atoms with E-state index in [0.717, 1.165) is 11.3 Å². The Hall–Kier alpha value is -2.04. The first-order valence-electron chi connectivity index (χ1n) is 5.79. The van der Waals surface area contributed by atoms with E-state index in [9.17, 15) is 9.59 Å². The van der Waals surface area contributed by atoms with Crippen LogP contribution in [0.2, 0.25) is 0 Å². The summed E-state index contributed by atoms with van der Waals surface area (Å²) in [5, 5.41) is 8.77. The lowest BCUT2D eigenvalue weighted by molar-refractivity contribution is -0.138. The molecule has 0 saturated carbocycles. The van der Waals surface area contributed by atoms with Gasteiger partial charge in [-0.3, -0.25) is 9.69 Å². The Balaban J connectivity index is 2.12. The summed E-state index contributed by atoms with van der Waals surface area (Å²) in [6, 6.07) is 7.48. The number of benzene rings is 1. The van der Waals surface area contributed by atoms with Gasteiger partial charge in [-0.15, -0.1) is 0 Å². The number of hydrogen-bond donors (Lipinski definition) is 1. The molecule has 1 aliphatic rings. The monoisotopic (exact) mass is 249 g/mol. The normalized spacial score (nSPS) is 19.5. The molecule has 96 valence electrons. The van der Waals surface area contributed by atoms with E-state index in [-0.39, 0.29) is 18.9 Å². The molecular weight excluding hydrogens is 234 g/mol. The van der Waals surface area contributed by atoms with Crippen LogP contribution < -0.4 is 4.90 Å². The number of carboxylic acids is 1. The lowest BCUT2D eigenvalue weighted by Crippen LogP contribution is -2.43. The molecule has 1 atom stereocenters. The number of amides is 1. The fourth-order valence-corrected chi connectivity index (χ4v) is 1.96. The van der Waals surface area contributed by atoms with Crippen molar-refractivity contribution >= 4 is 17.7 Å². The van der Waals surface area contributed by atoms with E-state index in [1.54, 1.807) is 0 Å². The summed E-state index contributed by atoms with van der Waals surface area (Å²) in [4.78, 5) is 23.8. The van der Waals surface area contributed by atoms with Crippen LogP contribution in [0, 0.1) is 12.8 Å². The van der Waals surface area contributed by atoms with Gasteiger partial charge in [-0.2, -0.15) is 0 Å². The molecule has 1 aromatic rings. The van der Waals surface area contributed by atoms with E-state index in [1.807, 2.05) is 31.2 Å². The number of rotatable bonds is 3. The SMILES string of the molecule is Cc1ccc(N2CC(CC(=O)O)COC2=O)cc1. The van der Waals surface area contributed by atoms with Gasteiger partial charge >= 0.3 is 12.1 Å². The third-order valence-corrected chi connectivity index (χ3v) is 2.91. The third kappa shape index (κ3) is 2.80. The molecule has 1 aliphatic heterocycles. The average Bonchev–Trinajstić information content (AvgIpc) is 2.32. The van der Waals surface area contributed by atoms with Gasteiger partial charge in [0.25, 0.3) is 0 Å². The third-order valence-electron chi connectivity index (χ3n) is 2.91. The largest absolute Gasteiger partial charge is 0.481 e. The van der Waals surface area contributed by atoms with Gasteiger partial charge in [0.15, 0.2) is 0 Å². The zero-order valence-electron chi connectivity index (χ0n) is 10.1. The van der Waals surface area contributed by atoms with Gasteiger partial charge in [0.1, 0.15) is 0 Å². The van der Waals surface area contributed by atoms with Crippen LogP contribution in [-0.4, -0.2) is 30.3 Å². The van der Waals surface area contributed by atoms with Gasteiger partial charge in [0.05, 0.1) is 13.0 Å². The van der Waals surface area contributed by atoms with Gasteiger partial charge < -0.3 is 9.84 Å². The van der Waals surface area contributed by atoms with Crippen molar-refractivity contribution in [3.63, 3.8) is 0 Å². The summed E-state index contributed by atoms with van der Waals surface area (Å²) in [6.45, 7) is 2.52. The van der Waals surface area contributed by atoms with Crippen LogP contribution in [0.15, 0.2) is 24.3 Å². The van der Waals surface area contributed by atoms with Crippen molar-refractivity contribution < 1.29 is 19.4 Å². The van der Waals surface area contributed by atoms with E-state index in [1.165, 1.54) is 4.90 Å². The predicted octanol–water partition coefficient (Wildman–Crippen LogP) is 2.04. The van der Waals surface area contributed by atoms with E-state index in [4.69, 9.17) is 9.84 Å². The molecule has 1 aromatic carbocycles. The van der Waals surface area contributed by atoms with Crippen LogP contribution in [0.1, 0.15) is 12.0 Å². The summed E-state index contributed by atoms with van der Waals surface area (Å²) in [7, 11) is 0. The zero-order chi connectivity index (χ0) is 13.1. The molecule has 0 aromatic heterocycles. The minimum Gasteiger partial charge on any atom is -0.481 e. The number of aryl methyl sites for hydroxylation is 1. The van der Waals surface area contributed by atoms with Crippen molar-refractivity contribution in [1.82, 2.24) is 0 Å². The summed E-state index contributed by atoms with van der Waals surface area (Å²) in [6.07, 6.45) is -0.407. The number of carbonyl (C=O) groups excluding carboxylic acids is 1. The Morgan fingerprint density at radius 3 is 2.72 bits per heavy atom. The Kier molecular flexibility index (Phi) is 3.50. The first-order valence-corrected chi connectivity index (χ1v) is 5.79. The number of cyclic esters (lactones) is 1. The topological polar surface area (TPSA) is 66.8 Å². The maximum atomic E-state index is 11.7. The van der Waals surface area contributed by atoms with Crippen LogP contribution in [0.5, 0.6) is 0 Å². The molecule has 1 saturated heterocycles. The molecule has 0 spiro atoms. The number of hydrogen-bond acceptors (Lipinski definition) is 3. The molecular formula is C13H15NO4. The molecule has 1 N–H and O–H groups in total. The standard InChI is InChI=1S/C13H15NO4/c1-9-2-4-11(5-3-9)14-7-10(6-12(15)16)8-18-13(14)17/h2-5,10H,6-8H2,1H3,(H,15,16). The van der Waals surface area contributed by atoms with Crippen LogP contribution >= 0.6 is 0 Å². The minimum absolute atomic E-state index is 0.00956. The fraction of sp³-hybridized carbons (Fsp3) is 0.385. The maximum Gasteiger partial charge on any atom is 0.414 e. The van der Waals surface area contributed by atoms with Crippen LogP contribution in [0.3, 0.4) is 0 Å². The lowest BCUT2D eigenvalue weighted by atomic mass is 10.0. The Morgan fingerprint density at radius 2 is 2.11 bits per heavy atom. The highest BCUT2D eigenvalue weighted by atomic mass is 16.6. The quantitative estimate of drug-likeness (QED) is 0.890. The number of carboxylic acid groups (broad SMARTS) is 1. The Morgan fingerprint density at radius 1 is 1.44 bits per heavy atom. The molecule has 0 radical (unpaired) electrons. The average molecular weight is 249 g/mol. The number of carbonyl (C=O) groups is 2. The summed E-state index contributed by atoms with van der Waals surface area (Å²) in [5.41, 5.74) is 1.84. The Labute approximate surface area is 105 Å². The maximum absolute atomic E-state index is 11.7. The predicted molar refractivity (Wildman–Crippen MR) is 65.6 cm³/mol. The molecule has 0 aliphatic carbocycles. The molecule has 5 heteroatoms. The molecule has 2 rings (SSSR count). The first kappa shape index (κ1) is 12.4. The van der Waals surface area contributed by atoms with Gasteiger partial charge in [-0.1, -0.05) is 17.7 Å². The van der Waals surface area contributed by atoms with Gasteiger partial charge in [-0.25, -0.2) is 4.79 Å². The smallest absolute Gasteiger partial charge is 0.414 e. The second kappa shape index (κ2) is 5.08. The molecule has 0 bridgehead atoms. The molecule has 1 unspecified atom stereocenters. The first-order chi connectivity index (χ1) is 8.56. The van der Waals surface area contributed by atoms with Gasteiger partial charge in [0.2, 0.25) is 0 Å². The van der Waals surface area contributed by atoms with Crippen molar-refractivity contribution in [2.24, 2.45) is 5.92 Å². The van der Waals surface area contributed by atoms with E-state index in [2.05, 4.69) is 0 Å². The van der Waals surface area contributed by atoms with Crippen molar-refractivity contribution in [3.8, 4) is 0 Å². The van der Waals surface area contributed by atoms with Crippen LogP contribution in [0.25, 0.3) is 0 Å². The van der Waals surface area contributed by atoms with Gasteiger partial charge in [0, 0.05) is 18.2 Å². The highest BCUT2D eigenvalue weighted by Gasteiger charge is 2.29. The van der Waals surface area contributed by atoms with Crippen LogP contribution in [-0.2, 0) is 9.53 Å². The van der Waals surface area contributed by atoms with Crippen molar-refractivity contribution in [1.29, 1.82) is 0 Å². The summed E-state index contributed by atoms with van der Waals surface area (Å²) >= 11 is 0. The fourth-order valence-electron chi connectivity index (χ4n) is 1.96. The number of nitrogens with zero attached hydrogens (tertiary/aromatic N) is 1. The van der Waals surface area contributed by atoms with Gasteiger partial charge in [-0.05, 0) is 19.1 Å². The van der Waals surface area contributed by atoms with Crippen molar-refractivity contribution in [2.45, 2.75) is 13.3 Å². The zero-order valence-corrected chi connectivity index (χ0v) is 10.1. The minimum atomic E-state index is -0.873. The molecule has 1 amide bonds. The summed E-state index contributed by atoms with van der Waals surface area (Å²) in [5.74, 6) is -1.04. The van der Waals surface area contributed by atoms with Crippen molar-refractivity contribution in [3.05, 3.63) is 29.8 Å². The van der Waals surface area contributed by atoms with E-state index in [0.29, 0.717) is 6.54 Å². The van der Waals surface area contributed by atoms with Crippen LogP contribution in [0.4, 0.5) is 10.5 Å². The molecule has 1 heterocycles. The highest BCUT2D eigenvalue weighted by Crippen LogP contribution is 2.22. The highest BCUT2D eigenvalue weighted by molar-refractivity contribution is 5.88. The number of anilines is 1. The summed E-state index contributed by atoms with van der Waals surface area (Å²) < 4.78 is 5.01. The molecule has 18 heavy (non-hydrogen) atoms. The second-order valence-corrected chi connectivity index (χ2v) is 4.49. The second-order valence-electron chi connectivity index (χ2n) is 4.49. The van der Waals surface area contributed by atoms with E-state index >= 15 is 0 Å². The molecule has 5 nitrogen and oxygen atoms in total. The lowest BCUT2D eigenvalue weighted by Gasteiger charge is -2.31. The van der Waals surface area contributed by atoms with Crippen molar-refractivity contribution in [2.75, 3.05) is 18.1 Å². The number of ether oxygens (including phenoxy) is 1. The number of aliphatic carboxylic acids is 1. The molecule has 1 fully saturated rings. The Bertz CT molecular complexity index is 455. The van der Waals surface area contributed by atoms with E-state index < -0.39 is 12.1 Å².